The molecule has 0 aliphatic heterocycles. The number of nitrogens with zero attached hydrogens (tertiary/aromatic N) is 2. The second kappa shape index (κ2) is 6.20. The van der Waals surface area contributed by atoms with Crippen molar-refractivity contribution in [1.29, 1.82) is 10.5 Å². The number of halogens is 1. The van der Waals surface area contributed by atoms with E-state index < -0.39 is 11.6 Å². The van der Waals surface area contributed by atoms with E-state index in [0.29, 0.717) is 27.6 Å². The standard InChI is InChI=1S/C19H10FN3O/c20-15-5-6-16-17(11-23-18(16)8-15)19(24)14(10-22)7-12-1-3-13(9-21)4-2-12/h1-8,11,23H. The first-order chi connectivity index (χ1) is 11.6. The predicted octanol–water partition coefficient (Wildman–Crippen LogP) is 3.97. The monoisotopic (exact) mass is 315 g/mol. The molecule has 24 heavy (non-hydrogen) atoms. The van der Waals surface area contributed by atoms with Gasteiger partial charge in [0.25, 0.3) is 0 Å². The average Bonchev–Trinajstić information content (AvgIpc) is 3.02. The first-order valence-corrected chi connectivity index (χ1v) is 7.05. The number of aromatic amines is 1. The van der Waals surface area contributed by atoms with E-state index in [4.69, 9.17) is 5.26 Å². The molecule has 1 heterocycles. The third-order valence-corrected chi connectivity index (χ3v) is 3.60. The number of nitrogens with one attached hydrogen (secondary N) is 1. The number of hydrogen-bond acceptors (Lipinski definition) is 3. The van der Waals surface area contributed by atoms with Gasteiger partial charge in [0.2, 0.25) is 5.78 Å². The summed E-state index contributed by atoms with van der Waals surface area (Å²) in [5, 5.41) is 18.7. The molecule has 5 heteroatoms. The third kappa shape index (κ3) is 2.79. The number of H-pyrrole nitrogens is 1. The van der Waals surface area contributed by atoms with Gasteiger partial charge in [-0.1, -0.05) is 12.1 Å². The smallest absolute Gasteiger partial charge is 0.205 e. The van der Waals surface area contributed by atoms with Crippen molar-refractivity contribution in [3.63, 3.8) is 0 Å². The van der Waals surface area contributed by atoms with Gasteiger partial charge in [-0.05, 0) is 42.0 Å². The quantitative estimate of drug-likeness (QED) is 0.451. The summed E-state index contributed by atoms with van der Waals surface area (Å²) in [6, 6.07) is 14.5. The zero-order chi connectivity index (χ0) is 17.1. The predicted molar refractivity (Wildman–Crippen MR) is 87.3 cm³/mol. The number of allylic oxidation sites excluding steroid dienone is 1. The normalized spacial score (nSPS) is 11.0. The van der Waals surface area contributed by atoms with E-state index in [1.165, 1.54) is 30.5 Å². The van der Waals surface area contributed by atoms with Crippen LogP contribution in [-0.2, 0) is 0 Å². The van der Waals surface area contributed by atoms with E-state index in [9.17, 15) is 14.4 Å². The van der Waals surface area contributed by atoms with Gasteiger partial charge in [-0.3, -0.25) is 4.79 Å². The van der Waals surface area contributed by atoms with Crippen molar-refractivity contribution in [1.82, 2.24) is 4.98 Å². The lowest BCUT2D eigenvalue weighted by atomic mass is 10.0. The Morgan fingerprint density at radius 2 is 1.88 bits per heavy atom. The lowest BCUT2D eigenvalue weighted by molar-refractivity contribution is 0.104. The molecule has 0 spiro atoms. The SMILES string of the molecule is N#CC(=Cc1ccc(C#N)cc1)C(=O)c1c[nH]c2cc(F)ccc12. The van der Waals surface area contributed by atoms with Crippen LogP contribution in [0, 0.1) is 28.5 Å². The first-order valence-electron chi connectivity index (χ1n) is 7.05. The van der Waals surface area contributed by atoms with Crippen LogP contribution in [0.4, 0.5) is 4.39 Å². The van der Waals surface area contributed by atoms with E-state index >= 15 is 0 Å². The number of carbonyl (C=O) groups is 1. The summed E-state index contributed by atoms with van der Waals surface area (Å²) in [5.74, 6) is -0.850. The van der Waals surface area contributed by atoms with Gasteiger partial charge in [-0.2, -0.15) is 10.5 Å². The van der Waals surface area contributed by atoms with Crippen LogP contribution in [0.25, 0.3) is 17.0 Å². The van der Waals surface area contributed by atoms with Crippen molar-refractivity contribution in [3.05, 3.63) is 76.7 Å². The van der Waals surface area contributed by atoms with Crippen molar-refractivity contribution < 1.29 is 9.18 Å². The second-order valence-corrected chi connectivity index (χ2v) is 5.13. The maximum Gasteiger partial charge on any atom is 0.205 e. The molecule has 0 radical (unpaired) electrons. The van der Waals surface area contributed by atoms with Crippen LogP contribution >= 0.6 is 0 Å². The lowest BCUT2D eigenvalue weighted by Crippen LogP contribution is -2.01. The molecule has 0 amide bonds. The van der Waals surface area contributed by atoms with Gasteiger partial charge in [-0.25, -0.2) is 4.39 Å². The molecule has 4 nitrogen and oxygen atoms in total. The fourth-order valence-electron chi connectivity index (χ4n) is 2.40. The molecule has 3 rings (SSSR count). The molecule has 0 fully saturated rings. The average molecular weight is 315 g/mol. The van der Waals surface area contributed by atoms with Crippen molar-refractivity contribution in [2.45, 2.75) is 0 Å². The second-order valence-electron chi connectivity index (χ2n) is 5.13. The van der Waals surface area contributed by atoms with Crippen molar-refractivity contribution >= 4 is 22.8 Å². The fourth-order valence-corrected chi connectivity index (χ4v) is 2.40. The molecule has 1 N–H and O–H groups in total. The zero-order valence-electron chi connectivity index (χ0n) is 12.4. The molecule has 0 unspecified atom stereocenters. The van der Waals surface area contributed by atoms with Gasteiger partial charge >= 0.3 is 0 Å². The number of rotatable bonds is 3. The Morgan fingerprint density at radius 1 is 1.12 bits per heavy atom. The maximum atomic E-state index is 13.2. The van der Waals surface area contributed by atoms with Gasteiger partial charge in [0.1, 0.15) is 17.5 Å². The van der Waals surface area contributed by atoms with Crippen molar-refractivity contribution in [2.24, 2.45) is 0 Å². The molecule has 0 atom stereocenters. The van der Waals surface area contributed by atoms with Gasteiger partial charge < -0.3 is 4.98 Å². The summed E-state index contributed by atoms with van der Waals surface area (Å²) in [6.07, 6.45) is 2.93. The van der Waals surface area contributed by atoms with Crippen molar-refractivity contribution in [2.75, 3.05) is 0 Å². The third-order valence-electron chi connectivity index (χ3n) is 3.60. The molecule has 0 aliphatic carbocycles. The number of benzene rings is 2. The van der Waals surface area contributed by atoms with E-state index in [2.05, 4.69) is 4.98 Å². The Balaban J connectivity index is 2.00. The molecule has 114 valence electrons. The highest BCUT2D eigenvalue weighted by molar-refractivity contribution is 6.19. The molecular formula is C19H10FN3O. The van der Waals surface area contributed by atoms with Crippen LogP contribution in [0.1, 0.15) is 21.5 Å². The number of fused-ring (bicyclic) bond motifs is 1. The van der Waals surface area contributed by atoms with Gasteiger partial charge in [0.15, 0.2) is 0 Å². The largest absolute Gasteiger partial charge is 0.360 e. The fraction of sp³-hybridized carbons (Fsp3) is 0. The number of ketones is 1. The topological polar surface area (TPSA) is 80.4 Å². The number of aromatic nitrogens is 1. The molecule has 1 aromatic heterocycles. The molecule has 2 aromatic carbocycles. The van der Waals surface area contributed by atoms with E-state index in [0.717, 1.165) is 0 Å². The maximum absolute atomic E-state index is 13.2. The van der Waals surface area contributed by atoms with E-state index in [1.54, 1.807) is 24.3 Å². The number of carbonyl (C=O) groups excluding carboxylic acids is 1. The van der Waals surface area contributed by atoms with E-state index in [1.807, 2.05) is 12.1 Å². The Bertz CT molecular complexity index is 1050. The van der Waals surface area contributed by atoms with Crippen LogP contribution in [0.2, 0.25) is 0 Å². The highest BCUT2D eigenvalue weighted by atomic mass is 19.1. The minimum atomic E-state index is -0.445. The minimum Gasteiger partial charge on any atom is -0.360 e. The van der Waals surface area contributed by atoms with Gasteiger partial charge in [-0.15, -0.1) is 0 Å². The molecule has 3 aromatic rings. The number of nitriles is 2. The number of hydrogen-bond donors (Lipinski definition) is 1. The van der Waals surface area contributed by atoms with Crippen LogP contribution < -0.4 is 0 Å². The van der Waals surface area contributed by atoms with Crippen LogP contribution in [0.5, 0.6) is 0 Å². The highest BCUT2D eigenvalue weighted by Crippen LogP contribution is 2.22. The summed E-state index contributed by atoms with van der Waals surface area (Å²) >= 11 is 0. The van der Waals surface area contributed by atoms with Crippen molar-refractivity contribution in [3.8, 4) is 12.1 Å². The van der Waals surface area contributed by atoms with E-state index in [-0.39, 0.29) is 5.57 Å². The summed E-state index contributed by atoms with van der Waals surface area (Å²) in [4.78, 5) is 15.4. The summed E-state index contributed by atoms with van der Waals surface area (Å²) in [7, 11) is 0. The molecule has 0 saturated carbocycles. The molecule has 0 saturated heterocycles. The zero-order valence-corrected chi connectivity index (χ0v) is 12.4. The Hall–Kier alpha value is -3.70. The highest BCUT2D eigenvalue weighted by Gasteiger charge is 2.17. The Kier molecular flexibility index (Phi) is 3.93. The summed E-state index contributed by atoms with van der Waals surface area (Å²) in [5.41, 5.74) is 1.91. The number of Topliss-reactive ketones (excluding diaryl/α,β-unsaturated/α-hetero) is 1. The Labute approximate surface area is 137 Å². The molecule has 0 bridgehead atoms. The Morgan fingerprint density at radius 3 is 2.54 bits per heavy atom. The molecular weight excluding hydrogens is 305 g/mol. The summed E-state index contributed by atoms with van der Waals surface area (Å²) < 4.78 is 13.2. The molecule has 0 aliphatic rings. The van der Waals surface area contributed by atoms with Crippen LogP contribution in [-0.4, -0.2) is 10.8 Å². The first kappa shape index (κ1) is 15.2. The van der Waals surface area contributed by atoms with Crippen LogP contribution in [0.3, 0.4) is 0 Å². The van der Waals surface area contributed by atoms with Gasteiger partial charge in [0.05, 0.1) is 11.6 Å². The summed E-state index contributed by atoms with van der Waals surface area (Å²) in [6.45, 7) is 0. The van der Waals surface area contributed by atoms with Gasteiger partial charge in [0, 0.05) is 22.7 Å². The van der Waals surface area contributed by atoms with Crippen LogP contribution in [0.15, 0.2) is 54.2 Å². The minimum absolute atomic E-state index is 0.0371. The lowest BCUT2D eigenvalue weighted by Gasteiger charge is -1.99.